The lowest BCUT2D eigenvalue weighted by Gasteiger charge is -2.46. The number of hydrazine groups is 1. The van der Waals surface area contributed by atoms with E-state index < -0.39 is 36.3 Å². The summed E-state index contributed by atoms with van der Waals surface area (Å²) in [5.74, 6) is -1.36. The van der Waals surface area contributed by atoms with Crippen LogP contribution in [0, 0.1) is 5.92 Å². The highest BCUT2D eigenvalue weighted by Crippen LogP contribution is 2.40. The van der Waals surface area contributed by atoms with Gasteiger partial charge in [-0.05, 0) is 52.0 Å². The van der Waals surface area contributed by atoms with Gasteiger partial charge in [-0.2, -0.15) is 13.2 Å². The third kappa shape index (κ3) is 4.20. The number of alkyl halides is 3. The first-order valence-corrected chi connectivity index (χ1v) is 10.7. The minimum Gasteiger partial charge on any atom is -0.386 e. The zero-order valence-corrected chi connectivity index (χ0v) is 16.5. The van der Waals surface area contributed by atoms with Crippen LogP contribution in [0.3, 0.4) is 0 Å². The van der Waals surface area contributed by atoms with Crippen LogP contribution in [-0.2, 0) is 4.74 Å². The molecule has 4 aliphatic heterocycles. The largest absolute Gasteiger partial charge is 0.394 e. The van der Waals surface area contributed by atoms with Crippen molar-refractivity contribution in [3.8, 4) is 0 Å². The number of ether oxygens (including phenoxy) is 1. The number of piperidine rings is 1. The van der Waals surface area contributed by atoms with E-state index in [9.17, 15) is 18.3 Å². The molecule has 6 unspecified atom stereocenters. The molecule has 4 bridgehead atoms. The van der Waals surface area contributed by atoms with E-state index in [0.29, 0.717) is 12.8 Å². The third-order valence-corrected chi connectivity index (χ3v) is 7.04. The van der Waals surface area contributed by atoms with Gasteiger partial charge in [0.2, 0.25) is 0 Å². The molecule has 28 heavy (non-hydrogen) atoms. The highest BCUT2D eigenvalue weighted by Gasteiger charge is 2.53. The van der Waals surface area contributed by atoms with Crippen molar-refractivity contribution in [2.24, 2.45) is 5.92 Å². The van der Waals surface area contributed by atoms with Crippen molar-refractivity contribution < 1.29 is 23.0 Å². The first-order valence-electron chi connectivity index (χ1n) is 10.7. The van der Waals surface area contributed by atoms with Crippen LogP contribution < -0.4 is 16.2 Å². The van der Waals surface area contributed by atoms with Crippen molar-refractivity contribution in [3.05, 3.63) is 0 Å². The second-order valence-electron chi connectivity index (χ2n) is 9.16. The zero-order valence-electron chi connectivity index (χ0n) is 16.5. The van der Waals surface area contributed by atoms with E-state index in [-0.39, 0.29) is 18.5 Å². The maximum Gasteiger partial charge on any atom is 0.394 e. The lowest BCUT2D eigenvalue weighted by Crippen LogP contribution is -2.64. The molecular formula is C19H33F3N4O2. The molecule has 0 radical (unpaired) electrons. The Bertz CT molecular complexity index is 548. The molecule has 4 aliphatic rings. The summed E-state index contributed by atoms with van der Waals surface area (Å²) in [5, 5.41) is 14.1. The number of fused-ring (bicyclic) bond motifs is 7. The Labute approximate surface area is 164 Å². The second-order valence-corrected chi connectivity index (χ2v) is 9.16. The molecule has 0 spiro atoms. The lowest BCUT2D eigenvalue weighted by molar-refractivity contribution is -0.209. The molecule has 0 saturated carbocycles. The molecule has 4 rings (SSSR count). The minimum atomic E-state index is -4.21. The summed E-state index contributed by atoms with van der Waals surface area (Å²) in [7, 11) is 0. The first-order chi connectivity index (χ1) is 13.3. The number of halogens is 3. The molecule has 0 amide bonds. The Kier molecular flexibility index (Phi) is 5.94. The molecule has 162 valence electrons. The van der Waals surface area contributed by atoms with E-state index in [0.717, 1.165) is 45.1 Å². The smallest absolute Gasteiger partial charge is 0.386 e. The molecule has 4 saturated heterocycles. The molecule has 0 aromatic heterocycles. The summed E-state index contributed by atoms with van der Waals surface area (Å²) in [6.07, 6.45) is 0.818. The van der Waals surface area contributed by atoms with Gasteiger partial charge in [0.15, 0.2) is 6.23 Å². The highest BCUT2D eigenvalue weighted by atomic mass is 19.4. The fraction of sp³-hybridized carbons (Fsp3) is 1.00. The van der Waals surface area contributed by atoms with Gasteiger partial charge in [-0.1, -0.05) is 19.3 Å². The topological polar surface area (TPSA) is 68.8 Å². The van der Waals surface area contributed by atoms with Crippen LogP contribution in [0.25, 0.3) is 0 Å². The van der Waals surface area contributed by atoms with Crippen LogP contribution in [0.2, 0.25) is 0 Å². The lowest BCUT2D eigenvalue weighted by atomic mass is 9.88. The Morgan fingerprint density at radius 1 is 1.04 bits per heavy atom. The summed E-state index contributed by atoms with van der Waals surface area (Å²) < 4.78 is 47.4. The third-order valence-electron chi connectivity index (χ3n) is 7.04. The Balaban J connectivity index is 1.58. The van der Waals surface area contributed by atoms with Crippen LogP contribution in [0.15, 0.2) is 0 Å². The SMILES string of the molecule is CC1(O)CCCCC[C@@H]2CCCN2C2NC(CCC2C(F)(F)F)C2NNC1O2. The fourth-order valence-electron chi connectivity index (χ4n) is 5.42. The number of hydrogen-bond acceptors (Lipinski definition) is 6. The molecule has 4 N–H and O–H groups in total. The van der Waals surface area contributed by atoms with Gasteiger partial charge in [-0.3, -0.25) is 10.2 Å². The van der Waals surface area contributed by atoms with Gasteiger partial charge in [-0.25, -0.2) is 10.9 Å². The van der Waals surface area contributed by atoms with Gasteiger partial charge >= 0.3 is 6.18 Å². The monoisotopic (exact) mass is 406 g/mol. The maximum atomic E-state index is 13.8. The van der Waals surface area contributed by atoms with Gasteiger partial charge in [0.25, 0.3) is 0 Å². The van der Waals surface area contributed by atoms with Gasteiger partial charge in [-0.15, -0.1) is 0 Å². The minimum absolute atomic E-state index is 0.0949. The predicted molar refractivity (Wildman–Crippen MR) is 97.9 cm³/mol. The van der Waals surface area contributed by atoms with Crippen molar-refractivity contribution in [3.63, 3.8) is 0 Å². The molecule has 6 nitrogen and oxygen atoms in total. The van der Waals surface area contributed by atoms with Crippen LogP contribution in [-0.4, -0.2) is 59.0 Å². The number of nitrogens with one attached hydrogen (secondary N) is 3. The van der Waals surface area contributed by atoms with Crippen LogP contribution in [0.1, 0.15) is 64.7 Å². The van der Waals surface area contributed by atoms with E-state index in [1.165, 1.54) is 0 Å². The summed E-state index contributed by atoms with van der Waals surface area (Å²) >= 11 is 0. The average molecular weight is 406 g/mol. The van der Waals surface area contributed by atoms with E-state index in [2.05, 4.69) is 21.1 Å². The van der Waals surface area contributed by atoms with Crippen LogP contribution >= 0.6 is 0 Å². The van der Waals surface area contributed by atoms with Gasteiger partial charge in [0.05, 0.1) is 12.1 Å². The summed E-state index contributed by atoms with van der Waals surface area (Å²) in [4.78, 5) is 2.08. The quantitative estimate of drug-likeness (QED) is 0.495. The second kappa shape index (κ2) is 8.00. The number of rotatable bonds is 0. The molecule has 0 aromatic carbocycles. The number of aliphatic hydroxyl groups is 1. The van der Waals surface area contributed by atoms with E-state index in [1.807, 2.05) is 0 Å². The molecule has 4 fully saturated rings. The molecule has 9 heteroatoms. The number of hydrogen-bond donors (Lipinski definition) is 4. The van der Waals surface area contributed by atoms with Crippen LogP contribution in [0.4, 0.5) is 13.2 Å². The number of nitrogens with zero attached hydrogens (tertiary/aromatic N) is 1. The van der Waals surface area contributed by atoms with E-state index in [1.54, 1.807) is 6.92 Å². The standard InChI is InChI=1S/C19H33F3N4O2/c1-18(27)10-4-2-3-6-12-7-5-11-26(12)15-13(19(20,21)22)8-9-14(23-15)16-24-25-17(18)28-16/h12-17,23-25,27H,2-11H2,1H3/t12-,13?,14?,15?,16?,17?,18?/m1/s1. The fourth-order valence-corrected chi connectivity index (χ4v) is 5.42. The maximum absolute atomic E-state index is 13.8. The van der Waals surface area contributed by atoms with Gasteiger partial charge < -0.3 is 9.84 Å². The van der Waals surface area contributed by atoms with Crippen molar-refractivity contribution in [2.75, 3.05) is 6.54 Å². The molecule has 0 aliphatic carbocycles. The first kappa shape index (κ1) is 20.8. The van der Waals surface area contributed by atoms with Gasteiger partial charge in [0, 0.05) is 12.1 Å². The summed E-state index contributed by atoms with van der Waals surface area (Å²) in [6, 6.07) is -0.0334. The Morgan fingerprint density at radius 2 is 1.82 bits per heavy atom. The highest BCUT2D eigenvalue weighted by molar-refractivity contribution is 4.98. The van der Waals surface area contributed by atoms with Crippen molar-refractivity contribution in [2.45, 2.75) is 107 Å². The predicted octanol–water partition coefficient (Wildman–Crippen LogP) is 2.20. The van der Waals surface area contributed by atoms with Crippen molar-refractivity contribution >= 4 is 0 Å². The normalized spacial score (nSPS) is 46.2. The van der Waals surface area contributed by atoms with Crippen molar-refractivity contribution in [1.29, 1.82) is 0 Å². The Morgan fingerprint density at radius 3 is 2.61 bits per heavy atom. The molecular weight excluding hydrogens is 373 g/mol. The zero-order chi connectivity index (χ0) is 19.9. The Hall–Kier alpha value is -0.450. The van der Waals surface area contributed by atoms with Crippen LogP contribution in [0.5, 0.6) is 0 Å². The average Bonchev–Trinajstić information content (AvgIpc) is 3.29. The summed E-state index contributed by atoms with van der Waals surface area (Å²) in [6.45, 7) is 2.48. The van der Waals surface area contributed by atoms with E-state index >= 15 is 0 Å². The molecule has 7 atom stereocenters. The molecule has 0 aromatic rings. The van der Waals surface area contributed by atoms with Gasteiger partial charge in [0.1, 0.15) is 11.8 Å². The van der Waals surface area contributed by atoms with E-state index in [4.69, 9.17) is 4.74 Å². The molecule has 4 heterocycles. The summed E-state index contributed by atoms with van der Waals surface area (Å²) in [5.41, 5.74) is 5.05. The van der Waals surface area contributed by atoms with Crippen molar-refractivity contribution in [1.82, 2.24) is 21.1 Å².